The van der Waals surface area contributed by atoms with Gasteiger partial charge in [-0.2, -0.15) is 0 Å². The van der Waals surface area contributed by atoms with Crippen LogP contribution in [0.2, 0.25) is 5.02 Å². The molecule has 0 aromatic heterocycles. The molecular weight excluding hydrogens is 287 g/mol. The van der Waals surface area contributed by atoms with Crippen LogP contribution >= 0.6 is 11.6 Å². The number of rotatable bonds is 4. The molecule has 2 nitrogen and oxygen atoms in total. The molecule has 0 heterocycles. The molecule has 0 bridgehead atoms. The number of benzene rings is 1. The molecule has 21 heavy (non-hydrogen) atoms. The number of likely N-dealkylation sites (N-methyl/N-ethyl adjacent to an activating group) is 1. The monoisotopic (exact) mass is 312 g/mol. The van der Waals surface area contributed by atoms with E-state index in [4.69, 9.17) is 17.3 Å². The van der Waals surface area contributed by atoms with Gasteiger partial charge >= 0.3 is 0 Å². The topological polar surface area (TPSA) is 29.3 Å². The second kappa shape index (κ2) is 6.64. The molecule has 0 spiro atoms. The molecule has 2 N–H and O–H groups in total. The standard InChI is InChI=1S/C17H26ClFN2/c1-17(2)8-6-13(7-9-17)21(3)16(11-20)12-4-5-14(18)15(19)10-12/h4-5,10,13,16H,6-9,11,20H2,1-3H3. The third-order valence-corrected chi connectivity index (χ3v) is 5.23. The number of nitrogens with two attached hydrogens (primary N) is 1. The van der Waals surface area contributed by atoms with Gasteiger partial charge in [0.1, 0.15) is 5.82 Å². The Kier molecular flexibility index (Phi) is 5.29. The first-order valence-electron chi connectivity index (χ1n) is 7.71. The second-order valence-corrected chi connectivity index (χ2v) is 7.39. The highest BCUT2D eigenvalue weighted by molar-refractivity contribution is 6.30. The highest BCUT2D eigenvalue weighted by atomic mass is 35.5. The Hall–Kier alpha value is -0.640. The van der Waals surface area contributed by atoms with Crippen LogP contribution in [-0.4, -0.2) is 24.5 Å². The minimum Gasteiger partial charge on any atom is -0.329 e. The van der Waals surface area contributed by atoms with E-state index in [1.54, 1.807) is 6.07 Å². The second-order valence-electron chi connectivity index (χ2n) is 6.99. The summed E-state index contributed by atoms with van der Waals surface area (Å²) in [5, 5.41) is 0.164. The fraction of sp³-hybridized carbons (Fsp3) is 0.647. The summed E-state index contributed by atoms with van der Waals surface area (Å²) < 4.78 is 13.7. The predicted octanol–water partition coefficient (Wildman–Crippen LogP) is 4.38. The van der Waals surface area contributed by atoms with E-state index in [2.05, 4.69) is 25.8 Å². The maximum Gasteiger partial charge on any atom is 0.142 e. The van der Waals surface area contributed by atoms with E-state index in [0.29, 0.717) is 18.0 Å². The molecule has 2 rings (SSSR count). The van der Waals surface area contributed by atoms with Gasteiger partial charge in [-0.15, -0.1) is 0 Å². The SMILES string of the molecule is CN(C1CCC(C)(C)CC1)C(CN)c1ccc(Cl)c(F)c1. The maximum atomic E-state index is 13.7. The van der Waals surface area contributed by atoms with Gasteiger partial charge in [0.25, 0.3) is 0 Å². The summed E-state index contributed by atoms with van der Waals surface area (Å²) in [6.45, 7) is 5.15. The Morgan fingerprint density at radius 2 is 2.00 bits per heavy atom. The fourth-order valence-electron chi connectivity index (χ4n) is 3.30. The van der Waals surface area contributed by atoms with Gasteiger partial charge in [0.15, 0.2) is 0 Å². The van der Waals surface area contributed by atoms with E-state index in [0.717, 1.165) is 5.56 Å². The third kappa shape index (κ3) is 3.97. The van der Waals surface area contributed by atoms with Gasteiger partial charge in [0.05, 0.1) is 5.02 Å². The highest BCUT2D eigenvalue weighted by Crippen LogP contribution is 2.38. The normalized spacial score (nSPS) is 20.7. The lowest BCUT2D eigenvalue weighted by atomic mass is 9.75. The summed E-state index contributed by atoms with van der Waals surface area (Å²) in [6.07, 6.45) is 4.81. The average Bonchev–Trinajstić information content (AvgIpc) is 2.43. The van der Waals surface area contributed by atoms with Crippen LogP contribution in [0.25, 0.3) is 0 Å². The summed E-state index contributed by atoms with van der Waals surface area (Å²) in [5.41, 5.74) is 7.31. The van der Waals surface area contributed by atoms with Crippen LogP contribution in [0.5, 0.6) is 0 Å². The Morgan fingerprint density at radius 3 is 2.52 bits per heavy atom. The average molecular weight is 313 g/mol. The van der Waals surface area contributed by atoms with E-state index >= 15 is 0 Å². The Labute approximate surface area is 132 Å². The van der Waals surface area contributed by atoms with Crippen LogP contribution in [0.1, 0.15) is 51.1 Å². The van der Waals surface area contributed by atoms with E-state index < -0.39 is 0 Å². The smallest absolute Gasteiger partial charge is 0.142 e. The highest BCUT2D eigenvalue weighted by Gasteiger charge is 2.31. The van der Waals surface area contributed by atoms with Crippen LogP contribution in [0.3, 0.4) is 0 Å². The zero-order valence-electron chi connectivity index (χ0n) is 13.2. The van der Waals surface area contributed by atoms with Crippen molar-refractivity contribution in [3.8, 4) is 0 Å². The Bertz CT molecular complexity index is 480. The number of hydrogen-bond donors (Lipinski definition) is 1. The summed E-state index contributed by atoms with van der Waals surface area (Å²) in [7, 11) is 2.10. The van der Waals surface area contributed by atoms with E-state index in [1.165, 1.54) is 31.7 Å². The molecular formula is C17H26ClFN2. The zero-order chi connectivity index (χ0) is 15.6. The van der Waals surface area contributed by atoms with Gasteiger partial charge in [-0.25, -0.2) is 4.39 Å². The van der Waals surface area contributed by atoms with Crippen molar-refractivity contribution < 1.29 is 4.39 Å². The lowest BCUT2D eigenvalue weighted by Gasteiger charge is -2.41. The molecule has 1 aromatic carbocycles. The largest absolute Gasteiger partial charge is 0.329 e. The van der Waals surface area contributed by atoms with Crippen molar-refractivity contribution in [1.29, 1.82) is 0 Å². The molecule has 0 saturated heterocycles. The van der Waals surface area contributed by atoms with E-state index in [1.807, 2.05) is 6.07 Å². The van der Waals surface area contributed by atoms with Gasteiger partial charge in [0.2, 0.25) is 0 Å². The van der Waals surface area contributed by atoms with Gasteiger partial charge in [-0.05, 0) is 55.8 Å². The minimum atomic E-state index is -0.370. The lowest BCUT2D eigenvalue weighted by molar-refractivity contribution is 0.0965. The molecule has 1 aromatic rings. The molecule has 0 amide bonds. The molecule has 1 aliphatic carbocycles. The van der Waals surface area contributed by atoms with Gasteiger partial charge in [-0.3, -0.25) is 4.90 Å². The number of hydrogen-bond acceptors (Lipinski definition) is 2. The summed E-state index contributed by atoms with van der Waals surface area (Å²) >= 11 is 5.77. The number of halogens is 2. The summed E-state index contributed by atoms with van der Waals surface area (Å²) in [6, 6.07) is 5.58. The van der Waals surface area contributed by atoms with Crippen LogP contribution in [0.4, 0.5) is 4.39 Å². The van der Waals surface area contributed by atoms with Crippen LogP contribution < -0.4 is 5.73 Å². The molecule has 1 aliphatic rings. The van der Waals surface area contributed by atoms with Crippen molar-refractivity contribution in [1.82, 2.24) is 4.90 Å². The fourth-order valence-corrected chi connectivity index (χ4v) is 3.42. The van der Waals surface area contributed by atoms with Crippen molar-refractivity contribution in [2.75, 3.05) is 13.6 Å². The van der Waals surface area contributed by atoms with Crippen LogP contribution in [0, 0.1) is 11.2 Å². The molecule has 1 fully saturated rings. The van der Waals surface area contributed by atoms with Gasteiger partial charge in [0, 0.05) is 18.6 Å². The minimum absolute atomic E-state index is 0.0444. The summed E-state index contributed by atoms with van der Waals surface area (Å²) in [5.74, 6) is -0.370. The number of nitrogens with zero attached hydrogens (tertiary/aromatic N) is 1. The third-order valence-electron chi connectivity index (χ3n) is 4.93. The van der Waals surface area contributed by atoms with Crippen molar-refractivity contribution in [2.45, 2.75) is 51.6 Å². The van der Waals surface area contributed by atoms with Crippen molar-refractivity contribution >= 4 is 11.6 Å². The Morgan fingerprint density at radius 1 is 1.38 bits per heavy atom. The lowest BCUT2D eigenvalue weighted by Crippen LogP contribution is -2.41. The Balaban J connectivity index is 2.11. The maximum absolute atomic E-state index is 13.7. The first kappa shape index (κ1) is 16.7. The zero-order valence-corrected chi connectivity index (χ0v) is 14.0. The predicted molar refractivity (Wildman–Crippen MR) is 87.0 cm³/mol. The van der Waals surface area contributed by atoms with Crippen LogP contribution in [-0.2, 0) is 0 Å². The van der Waals surface area contributed by atoms with Crippen molar-refractivity contribution in [3.05, 3.63) is 34.6 Å². The molecule has 118 valence electrons. The quantitative estimate of drug-likeness (QED) is 0.894. The van der Waals surface area contributed by atoms with Crippen LogP contribution in [0.15, 0.2) is 18.2 Å². The van der Waals surface area contributed by atoms with Crippen molar-refractivity contribution in [2.24, 2.45) is 11.1 Å². The van der Waals surface area contributed by atoms with Gasteiger partial charge in [-0.1, -0.05) is 31.5 Å². The molecule has 1 saturated carbocycles. The van der Waals surface area contributed by atoms with E-state index in [-0.39, 0.29) is 16.9 Å². The first-order valence-corrected chi connectivity index (χ1v) is 8.09. The van der Waals surface area contributed by atoms with Crippen molar-refractivity contribution in [3.63, 3.8) is 0 Å². The molecule has 1 unspecified atom stereocenters. The molecule has 1 atom stereocenters. The molecule has 0 aliphatic heterocycles. The van der Waals surface area contributed by atoms with E-state index in [9.17, 15) is 4.39 Å². The molecule has 4 heteroatoms. The van der Waals surface area contributed by atoms with Gasteiger partial charge < -0.3 is 5.73 Å². The summed E-state index contributed by atoms with van der Waals surface area (Å²) in [4.78, 5) is 2.32. The first-order chi connectivity index (χ1) is 9.84. The molecule has 0 radical (unpaired) electrons.